The second-order valence-electron chi connectivity index (χ2n) is 3.24. The molecule has 1 aromatic heterocycles. The van der Waals surface area contributed by atoms with Gasteiger partial charge in [0.05, 0.1) is 19.1 Å². The first-order valence-electron chi connectivity index (χ1n) is 4.18. The van der Waals surface area contributed by atoms with Crippen molar-refractivity contribution in [3.8, 4) is 0 Å². The molecule has 0 saturated heterocycles. The van der Waals surface area contributed by atoms with E-state index < -0.39 is 23.2 Å². The third-order valence-electron chi connectivity index (χ3n) is 2.33. The summed E-state index contributed by atoms with van der Waals surface area (Å²) < 4.78 is 30.7. The molecule has 0 spiro atoms. The lowest BCUT2D eigenvalue weighted by atomic mass is 10.2. The summed E-state index contributed by atoms with van der Waals surface area (Å²) in [6, 6.07) is 0.964. The van der Waals surface area contributed by atoms with E-state index in [0.717, 1.165) is 13.2 Å². The summed E-state index contributed by atoms with van der Waals surface area (Å²) in [6.45, 7) is 0. The fourth-order valence-electron chi connectivity index (χ4n) is 1.56. The minimum atomic E-state index is -3.49. The molecule has 0 unspecified atom stereocenters. The van der Waals surface area contributed by atoms with Gasteiger partial charge in [-0.25, -0.2) is 4.79 Å². The van der Waals surface area contributed by atoms with Crippen molar-refractivity contribution in [3.05, 3.63) is 23.0 Å². The molecule has 2 rings (SSSR count). The van der Waals surface area contributed by atoms with Gasteiger partial charge in [-0.1, -0.05) is 0 Å². The molecule has 0 atom stereocenters. The van der Waals surface area contributed by atoms with E-state index in [1.165, 1.54) is 0 Å². The molecule has 0 aromatic carbocycles. The number of nitrogens with one attached hydrogen (secondary N) is 1. The van der Waals surface area contributed by atoms with Crippen molar-refractivity contribution in [2.75, 3.05) is 7.11 Å². The van der Waals surface area contributed by atoms with Crippen LogP contribution in [0.3, 0.4) is 0 Å². The fraction of sp³-hybridized carbons (Fsp3) is 0.333. The van der Waals surface area contributed by atoms with Crippen LogP contribution in [-0.2, 0) is 21.9 Å². The lowest BCUT2D eigenvalue weighted by Gasteiger charge is -2.05. The maximum absolute atomic E-state index is 13.2. The van der Waals surface area contributed by atoms with E-state index in [4.69, 9.17) is 0 Å². The SMILES string of the molecule is COC(=O)c1cc2c([nH]1)CC(=O)C2(F)F. The van der Waals surface area contributed by atoms with E-state index >= 15 is 0 Å². The molecule has 1 heterocycles. The smallest absolute Gasteiger partial charge is 0.354 e. The van der Waals surface area contributed by atoms with Crippen LogP contribution in [0.2, 0.25) is 0 Å². The summed E-state index contributed by atoms with van der Waals surface area (Å²) in [5.74, 6) is -5.37. The zero-order valence-corrected chi connectivity index (χ0v) is 7.77. The van der Waals surface area contributed by atoms with Crippen LogP contribution in [0.1, 0.15) is 21.7 Å². The summed E-state index contributed by atoms with van der Waals surface area (Å²) in [5, 5.41) is 0. The van der Waals surface area contributed by atoms with Gasteiger partial charge in [0.1, 0.15) is 5.69 Å². The lowest BCUT2D eigenvalue weighted by molar-refractivity contribution is -0.141. The van der Waals surface area contributed by atoms with Crippen molar-refractivity contribution in [2.45, 2.75) is 12.3 Å². The van der Waals surface area contributed by atoms with Gasteiger partial charge in [0.25, 0.3) is 0 Å². The van der Waals surface area contributed by atoms with Gasteiger partial charge in [-0.3, -0.25) is 4.79 Å². The number of esters is 1. The van der Waals surface area contributed by atoms with E-state index in [1.54, 1.807) is 0 Å². The lowest BCUT2D eigenvalue weighted by Crippen LogP contribution is -2.20. The molecule has 1 aliphatic carbocycles. The molecule has 1 aromatic rings. The van der Waals surface area contributed by atoms with Crippen molar-refractivity contribution in [3.63, 3.8) is 0 Å². The highest BCUT2D eigenvalue weighted by molar-refractivity contribution is 5.95. The van der Waals surface area contributed by atoms with Gasteiger partial charge in [-0.15, -0.1) is 0 Å². The number of aromatic nitrogens is 1. The van der Waals surface area contributed by atoms with E-state index in [0.29, 0.717) is 0 Å². The zero-order valence-electron chi connectivity index (χ0n) is 7.77. The minimum absolute atomic E-state index is 0.0605. The Hall–Kier alpha value is -1.72. The summed E-state index contributed by atoms with van der Waals surface area (Å²) in [7, 11) is 1.15. The molecule has 1 aliphatic rings. The van der Waals surface area contributed by atoms with Gasteiger partial charge in [0.2, 0.25) is 5.78 Å². The molecule has 0 amide bonds. The Balaban J connectivity index is 2.45. The number of carbonyl (C=O) groups is 2. The zero-order chi connectivity index (χ0) is 11.2. The van der Waals surface area contributed by atoms with Crippen molar-refractivity contribution >= 4 is 11.8 Å². The van der Waals surface area contributed by atoms with Gasteiger partial charge in [0, 0.05) is 5.69 Å². The van der Waals surface area contributed by atoms with Gasteiger partial charge < -0.3 is 9.72 Å². The Bertz CT molecular complexity index is 450. The number of H-pyrrole nitrogens is 1. The normalized spacial score (nSPS) is 17.7. The predicted molar refractivity (Wildman–Crippen MR) is 44.7 cm³/mol. The molecule has 1 N–H and O–H groups in total. The van der Waals surface area contributed by atoms with Crippen LogP contribution in [0, 0.1) is 0 Å². The number of alkyl halides is 2. The van der Waals surface area contributed by atoms with Crippen LogP contribution in [0.15, 0.2) is 6.07 Å². The maximum Gasteiger partial charge on any atom is 0.354 e. The van der Waals surface area contributed by atoms with Gasteiger partial charge in [-0.05, 0) is 6.07 Å². The van der Waals surface area contributed by atoms with Gasteiger partial charge in [0.15, 0.2) is 0 Å². The quantitative estimate of drug-likeness (QED) is 0.711. The van der Waals surface area contributed by atoms with Crippen LogP contribution in [0.5, 0.6) is 0 Å². The van der Waals surface area contributed by atoms with Gasteiger partial charge >= 0.3 is 11.9 Å². The first kappa shape index (κ1) is 9.82. The summed E-state index contributed by atoms with van der Waals surface area (Å²) >= 11 is 0. The van der Waals surface area contributed by atoms with E-state index in [1.807, 2.05) is 0 Å². The van der Waals surface area contributed by atoms with Crippen molar-refractivity contribution in [1.29, 1.82) is 0 Å². The Morgan fingerprint density at radius 3 is 2.80 bits per heavy atom. The van der Waals surface area contributed by atoms with Crippen molar-refractivity contribution in [2.24, 2.45) is 0 Å². The minimum Gasteiger partial charge on any atom is -0.464 e. The highest BCUT2D eigenvalue weighted by Gasteiger charge is 2.49. The van der Waals surface area contributed by atoms with E-state index in [9.17, 15) is 18.4 Å². The molecule has 0 aliphatic heterocycles. The summed E-state index contributed by atoms with van der Waals surface area (Å²) in [6.07, 6.45) is -0.376. The number of ketones is 1. The number of halogens is 2. The van der Waals surface area contributed by atoms with E-state index in [-0.39, 0.29) is 17.8 Å². The molecule has 0 radical (unpaired) electrons. The Morgan fingerprint density at radius 2 is 2.27 bits per heavy atom. The number of aromatic amines is 1. The average Bonchev–Trinajstić information content (AvgIpc) is 2.67. The maximum atomic E-state index is 13.2. The van der Waals surface area contributed by atoms with Crippen molar-refractivity contribution in [1.82, 2.24) is 4.98 Å². The number of carbonyl (C=O) groups excluding carboxylic acids is 2. The van der Waals surface area contributed by atoms with E-state index in [2.05, 4.69) is 9.72 Å². The molecule has 15 heavy (non-hydrogen) atoms. The molecule has 80 valence electrons. The standard InChI is InChI=1S/C9H7F2NO3/c1-15-8(14)6-2-4-5(12-6)3-7(13)9(4,10)11/h2,12H,3H2,1H3. The molecule has 6 heteroatoms. The number of Topliss-reactive ketones (excluding diaryl/α,β-unsaturated/α-hetero) is 1. The van der Waals surface area contributed by atoms with Crippen LogP contribution >= 0.6 is 0 Å². The third kappa shape index (κ3) is 1.25. The number of fused-ring (bicyclic) bond motifs is 1. The molecular formula is C9H7F2NO3. The monoisotopic (exact) mass is 215 g/mol. The molecule has 4 nitrogen and oxygen atoms in total. The first-order valence-corrected chi connectivity index (χ1v) is 4.18. The Morgan fingerprint density at radius 1 is 1.60 bits per heavy atom. The highest BCUT2D eigenvalue weighted by atomic mass is 19.3. The molecule has 0 saturated carbocycles. The molecular weight excluding hydrogens is 208 g/mol. The second-order valence-corrected chi connectivity index (χ2v) is 3.24. The third-order valence-corrected chi connectivity index (χ3v) is 2.33. The van der Waals surface area contributed by atoms with Crippen molar-refractivity contribution < 1.29 is 23.1 Å². The number of ether oxygens (including phenoxy) is 1. The fourth-order valence-corrected chi connectivity index (χ4v) is 1.56. The number of methoxy groups -OCH3 is 1. The second kappa shape index (κ2) is 2.88. The topological polar surface area (TPSA) is 59.2 Å². The highest BCUT2D eigenvalue weighted by Crippen LogP contribution is 2.39. The van der Waals surface area contributed by atoms with Crippen LogP contribution in [-0.4, -0.2) is 23.8 Å². The van der Waals surface area contributed by atoms with Crippen LogP contribution in [0.25, 0.3) is 0 Å². The van der Waals surface area contributed by atoms with Crippen LogP contribution in [0.4, 0.5) is 8.78 Å². The molecule has 0 bridgehead atoms. The Kier molecular flexibility index (Phi) is 1.89. The summed E-state index contributed by atoms with van der Waals surface area (Å²) in [4.78, 5) is 24.4. The number of hydrogen-bond acceptors (Lipinski definition) is 3. The first-order chi connectivity index (χ1) is 6.96. The summed E-state index contributed by atoms with van der Waals surface area (Å²) in [5.41, 5.74) is -0.395. The molecule has 0 fully saturated rings. The van der Waals surface area contributed by atoms with Crippen LogP contribution < -0.4 is 0 Å². The number of hydrogen-bond donors (Lipinski definition) is 1. The predicted octanol–water partition coefficient (Wildman–Crippen LogP) is 1.02. The Labute approximate surface area is 83.2 Å². The average molecular weight is 215 g/mol. The number of rotatable bonds is 1. The van der Waals surface area contributed by atoms with Gasteiger partial charge in [-0.2, -0.15) is 8.78 Å². The largest absolute Gasteiger partial charge is 0.464 e.